The zero-order valence-corrected chi connectivity index (χ0v) is 24.4. The first-order valence-corrected chi connectivity index (χ1v) is 15.4. The summed E-state index contributed by atoms with van der Waals surface area (Å²) < 4.78 is 4.78. The zero-order chi connectivity index (χ0) is 29.5. The molecule has 1 N–H and O–H groups in total. The zero-order valence-electron chi connectivity index (χ0n) is 24.4. The molecule has 3 nitrogen and oxygen atoms in total. The molecule has 3 aromatic heterocycles. The van der Waals surface area contributed by atoms with Crippen LogP contribution in [0, 0.1) is 0 Å². The molecule has 7 aromatic carbocycles. The van der Waals surface area contributed by atoms with Crippen LogP contribution >= 0.6 is 0 Å². The molecule has 0 saturated carbocycles. The topological polar surface area (TPSA) is 21.4 Å². The van der Waals surface area contributed by atoms with Crippen molar-refractivity contribution in [1.29, 1.82) is 0 Å². The van der Waals surface area contributed by atoms with Gasteiger partial charge < -0.3 is 14.3 Å². The average molecular weight is 574 g/mol. The van der Waals surface area contributed by atoms with E-state index < -0.39 is 0 Å². The van der Waals surface area contributed by atoms with Crippen molar-refractivity contribution in [3.8, 4) is 16.8 Å². The minimum absolute atomic E-state index is 1.07. The summed E-state index contributed by atoms with van der Waals surface area (Å²) in [5.74, 6) is 0. The van der Waals surface area contributed by atoms with E-state index in [1.165, 1.54) is 76.7 Å². The van der Waals surface area contributed by atoms with Gasteiger partial charge in [-0.25, -0.2) is 0 Å². The highest BCUT2D eigenvalue weighted by Crippen LogP contribution is 2.40. The maximum Gasteiger partial charge on any atom is 0.0620 e. The fraction of sp³-hybridized carbons (Fsp3) is 0. The third-order valence-corrected chi connectivity index (χ3v) is 9.42. The minimum atomic E-state index is 1.07. The molecule has 3 heteroatoms. The van der Waals surface area contributed by atoms with Gasteiger partial charge >= 0.3 is 0 Å². The molecule has 0 fully saturated rings. The Kier molecular flexibility index (Phi) is 5.00. The molecule has 0 aliphatic rings. The van der Waals surface area contributed by atoms with E-state index in [2.05, 4.69) is 172 Å². The molecule has 0 amide bonds. The van der Waals surface area contributed by atoms with Crippen LogP contribution in [0.15, 0.2) is 158 Å². The van der Waals surface area contributed by atoms with Gasteiger partial charge in [0.05, 0.1) is 27.6 Å². The summed E-state index contributed by atoms with van der Waals surface area (Å²) in [5.41, 5.74) is 12.0. The van der Waals surface area contributed by atoms with E-state index in [1.54, 1.807) is 0 Å². The van der Waals surface area contributed by atoms with Crippen LogP contribution in [0.3, 0.4) is 0 Å². The summed E-state index contributed by atoms with van der Waals surface area (Å²) in [6, 6.07) is 57.0. The summed E-state index contributed by atoms with van der Waals surface area (Å²) in [4.78, 5) is 0. The first-order valence-electron chi connectivity index (χ1n) is 15.4. The molecule has 45 heavy (non-hydrogen) atoms. The Morgan fingerprint density at radius 1 is 0.356 bits per heavy atom. The lowest BCUT2D eigenvalue weighted by molar-refractivity contribution is 1.18. The van der Waals surface area contributed by atoms with Crippen molar-refractivity contribution in [2.75, 3.05) is 5.32 Å². The Hall–Kier alpha value is -6.06. The van der Waals surface area contributed by atoms with Crippen molar-refractivity contribution < 1.29 is 0 Å². The number of fused-ring (bicyclic) bond motifs is 9. The van der Waals surface area contributed by atoms with Crippen LogP contribution in [-0.4, -0.2) is 8.97 Å². The number of rotatable bonds is 4. The number of aromatic nitrogens is 2. The van der Waals surface area contributed by atoms with Crippen molar-refractivity contribution >= 4 is 71.3 Å². The van der Waals surface area contributed by atoms with Gasteiger partial charge in [0.15, 0.2) is 0 Å². The Morgan fingerprint density at radius 2 is 0.911 bits per heavy atom. The van der Waals surface area contributed by atoms with Crippen LogP contribution in [-0.2, 0) is 0 Å². The monoisotopic (exact) mass is 573 g/mol. The maximum atomic E-state index is 3.66. The summed E-state index contributed by atoms with van der Waals surface area (Å²) in [7, 11) is 0. The Bertz CT molecular complexity index is 2710. The molecule has 10 rings (SSSR count). The van der Waals surface area contributed by atoms with Crippen molar-refractivity contribution in [3.05, 3.63) is 158 Å². The highest BCUT2D eigenvalue weighted by molar-refractivity contribution is 6.23. The molecule has 0 unspecified atom stereocenters. The second kappa shape index (κ2) is 9.22. The van der Waals surface area contributed by atoms with Crippen molar-refractivity contribution in [2.45, 2.75) is 0 Å². The number of benzene rings is 7. The SMILES string of the molecule is c1ccc(-n2c3ccccc3c3cc(-c4ccc(Nc5ccc6c(c5)c5cccc7c8ccccc8n6c75)cc4)ccc32)cc1. The number of nitrogens with zero attached hydrogens (tertiary/aromatic N) is 2. The number of hydrogen-bond donors (Lipinski definition) is 1. The van der Waals surface area contributed by atoms with Crippen LogP contribution in [0.4, 0.5) is 11.4 Å². The fourth-order valence-electron chi connectivity index (χ4n) is 7.43. The van der Waals surface area contributed by atoms with Crippen LogP contribution < -0.4 is 5.32 Å². The van der Waals surface area contributed by atoms with E-state index >= 15 is 0 Å². The van der Waals surface area contributed by atoms with Gasteiger partial charge in [0.25, 0.3) is 0 Å². The first kappa shape index (κ1) is 24.4. The van der Waals surface area contributed by atoms with Crippen molar-refractivity contribution in [2.24, 2.45) is 0 Å². The molecule has 3 heterocycles. The standard InChI is InChI=1S/C42H27N3/c1-2-9-31(10-3-1)44-38-15-6-5-12-33(38)36-25-28(19-23-40(36)44)27-17-20-29(21-18-27)43-30-22-24-41-37(26-30)35-14-8-13-34-32-11-4-7-16-39(32)45(41)42(34)35/h1-26,43H. The van der Waals surface area contributed by atoms with Gasteiger partial charge in [0.2, 0.25) is 0 Å². The van der Waals surface area contributed by atoms with Gasteiger partial charge in [-0.05, 0) is 77.9 Å². The predicted octanol–water partition coefficient (Wildman–Crippen LogP) is 11.3. The largest absolute Gasteiger partial charge is 0.356 e. The number of hydrogen-bond acceptors (Lipinski definition) is 1. The summed E-state index contributed by atoms with van der Waals surface area (Å²) >= 11 is 0. The van der Waals surface area contributed by atoms with E-state index in [-0.39, 0.29) is 0 Å². The maximum absolute atomic E-state index is 3.66. The van der Waals surface area contributed by atoms with Gasteiger partial charge in [-0.1, -0.05) is 91.0 Å². The van der Waals surface area contributed by atoms with E-state index in [0.717, 1.165) is 11.4 Å². The Morgan fingerprint density at radius 3 is 1.73 bits per heavy atom. The van der Waals surface area contributed by atoms with E-state index in [4.69, 9.17) is 0 Å². The van der Waals surface area contributed by atoms with Crippen LogP contribution in [0.1, 0.15) is 0 Å². The molecule has 0 aliphatic heterocycles. The van der Waals surface area contributed by atoms with Gasteiger partial charge in [-0.15, -0.1) is 0 Å². The molecule has 210 valence electrons. The minimum Gasteiger partial charge on any atom is -0.356 e. The normalized spacial score (nSPS) is 12.0. The van der Waals surface area contributed by atoms with Crippen LogP contribution in [0.5, 0.6) is 0 Å². The van der Waals surface area contributed by atoms with Gasteiger partial charge in [0.1, 0.15) is 0 Å². The Labute approximate surface area is 259 Å². The van der Waals surface area contributed by atoms with E-state index in [0.29, 0.717) is 0 Å². The summed E-state index contributed by atoms with van der Waals surface area (Å²) in [6.07, 6.45) is 0. The third kappa shape index (κ3) is 3.52. The second-order valence-electron chi connectivity index (χ2n) is 11.9. The first-order chi connectivity index (χ1) is 22.3. The molecule has 0 atom stereocenters. The smallest absolute Gasteiger partial charge is 0.0620 e. The highest BCUT2D eigenvalue weighted by atomic mass is 15.0. The van der Waals surface area contributed by atoms with E-state index in [9.17, 15) is 0 Å². The molecule has 0 aliphatic carbocycles. The molecule has 0 saturated heterocycles. The van der Waals surface area contributed by atoms with Crippen molar-refractivity contribution in [3.63, 3.8) is 0 Å². The lowest BCUT2D eigenvalue weighted by Gasteiger charge is -2.10. The predicted molar refractivity (Wildman–Crippen MR) is 191 cm³/mol. The van der Waals surface area contributed by atoms with Crippen LogP contribution in [0.2, 0.25) is 0 Å². The lowest BCUT2D eigenvalue weighted by Crippen LogP contribution is -1.93. The highest BCUT2D eigenvalue weighted by Gasteiger charge is 2.17. The van der Waals surface area contributed by atoms with Crippen LogP contribution in [0.25, 0.3) is 76.7 Å². The summed E-state index contributed by atoms with van der Waals surface area (Å²) in [6.45, 7) is 0. The van der Waals surface area contributed by atoms with Gasteiger partial charge in [-0.2, -0.15) is 0 Å². The van der Waals surface area contributed by atoms with Gasteiger partial charge in [0, 0.05) is 49.4 Å². The fourth-order valence-corrected chi connectivity index (χ4v) is 7.43. The average Bonchev–Trinajstić information content (AvgIpc) is 3.74. The molecular weight excluding hydrogens is 546 g/mol. The van der Waals surface area contributed by atoms with Gasteiger partial charge in [-0.3, -0.25) is 0 Å². The number of anilines is 2. The molecule has 0 spiro atoms. The third-order valence-electron chi connectivity index (χ3n) is 9.42. The lowest BCUT2D eigenvalue weighted by atomic mass is 10.0. The quantitative estimate of drug-likeness (QED) is 0.222. The summed E-state index contributed by atoms with van der Waals surface area (Å²) in [5, 5.41) is 11.4. The molecular formula is C42H27N3. The molecule has 0 bridgehead atoms. The molecule has 10 aromatic rings. The van der Waals surface area contributed by atoms with E-state index in [1.807, 2.05) is 0 Å². The molecule has 0 radical (unpaired) electrons. The Balaban J connectivity index is 1.01. The number of para-hydroxylation sites is 4. The number of nitrogens with one attached hydrogen (secondary N) is 1. The second-order valence-corrected chi connectivity index (χ2v) is 11.9. The van der Waals surface area contributed by atoms with Crippen molar-refractivity contribution in [1.82, 2.24) is 8.97 Å².